The minimum absolute atomic E-state index is 0.182. The first-order valence-corrected chi connectivity index (χ1v) is 8.35. The summed E-state index contributed by atoms with van der Waals surface area (Å²) in [6, 6.07) is 15.2. The van der Waals surface area contributed by atoms with E-state index in [0.29, 0.717) is 6.61 Å². The van der Waals surface area contributed by atoms with Crippen LogP contribution < -0.4 is 0 Å². The van der Waals surface area contributed by atoms with Crippen LogP contribution in [-0.4, -0.2) is 42.4 Å². The van der Waals surface area contributed by atoms with Crippen molar-refractivity contribution in [2.45, 2.75) is 32.4 Å². The summed E-state index contributed by atoms with van der Waals surface area (Å²) in [5, 5.41) is 13.4. The molecule has 0 spiro atoms. The van der Waals surface area contributed by atoms with Gasteiger partial charge < -0.3 is 9.84 Å². The Morgan fingerprint density at radius 1 is 1.13 bits per heavy atom. The van der Waals surface area contributed by atoms with Crippen molar-refractivity contribution >= 4 is 10.8 Å². The first-order valence-electron chi connectivity index (χ1n) is 8.35. The molecule has 0 radical (unpaired) electrons. The first-order chi connectivity index (χ1) is 10.9. The van der Waals surface area contributed by atoms with Crippen LogP contribution in [0.2, 0.25) is 0 Å². The zero-order chi connectivity index (χ0) is 16.5. The quantitative estimate of drug-likeness (QED) is 0.938. The van der Waals surface area contributed by atoms with E-state index in [1.807, 2.05) is 0 Å². The van der Waals surface area contributed by atoms with Crippen LogP contribution in [0.15, 0.2) is 42.5 Å². The number of nitrogens with zero attached hydrogens (tertiary/aromatic N) is 1. The van der Waals surface area contributed by atoms with Crippen LogP contribution in [0.1, 0.15) is 25.8 Å². The Hall–Kier alpha value is -1.42. The SMILES string of the molecule is COC[C@]1(O)CCN(Cc2ccc3ccccc3c2)CC1(C)C. The number of aliphatic hydroxyl groups is 1. The molecule has 1 N–H and O–H groups in total. The molecule has 1 heterocycles. The molecule has 1 aliphatic rings. The van der Waals surface area contributed by atoms with E-state index in [1.54, 1.807) is 7.11 Å². The molecule has 23 heavy (non-hydrogen) atoms. The van der Waals surface area contributed by atoms with Gasteiger partial charge in [0.1, 0.15) is 0 Å². The molecule has 1 saturated heterocycles. The molecule has 0 aliphatic carbocycles. The van der Waals surface area contributed by atoms with Gasteiger partial charge in [0.2, 0.25) is 0 Å². The summed E-state index contributed by atoms with van der Waals surface area (Å²) in [6.45, 7) is 7.38. The predicted molar refractivity (Wildman–Crippen MR) is 94.4 cm³/mol. The maximum absolute atomic E-state index is 10.9. The third-order valence-electron chi connectivity index (χ3n) is 5.32. The zero-order valence-electron chi connectivity index (χ0n) is 14.4. The van der Waals surface area contributed by atoms with Gasteiger partial charge in [-0.05, 0) is 28.8 Å². The maximum Gasteiger partial charge on any atom is 0.0954 e. The molecule has 124 valence electrons. The van der Waals surface area contributed by atoms with Gasteiger partial charge in [0.15, 0.2) is 0 Å². The first kappa shape index (κ1) is 16.4. The van der Waals surface area contributed by atoms with Gasteiger partial charge in [-0.25, -0.2) is 0 Å². The molecule has 0 bridgehead atoms. The molecule has 0 saturated carbocycles. The highest BCUT2D eigenvalue weighted by Crippen LogP contribution is 2.39. The van der Waals surface area contributed by atoms with Crippen molar-refractivity contribution in [1.29, 1.82) is 0 Å². The second-order valence-corrected chi connectivity index (χ2v) is 7.49. The second kappa shape index (κ2) is 6.23. The van der Waals surface area contributed by atoms with Crippen molar-refractivity contribution in [3.63, 3.8) is 0 Å². The summed E-state index contributed by atoms with van der Waals surface area (Å²) in [5.41, 5.74) is 0.413. The van der Waals surface area contributed by atoms with Crippen molar-refractivity contribution in [2.75, 3.05) is 26.8 Å². The van der Waals surface area contributed by atoms with Gasteiger partial charge in [-0.3, -0.25) is 4.90 Å². The van der Waals surface area contributed by atoms with Gasteiger partial charge in [-0.1, -0.05) is 50.2 Å². The fourth-order valence-electron chi connectivity index (χ4n) is 3.70. The van der Waals surface area contributed by atoms with E-state index in [4.69, 9.17) is 4.74 Å². The highest BCUT2D eigenvalue weighted by atomic mass is 16.5. The van der Waals surface area contributed by atoms with E-state index in [-0.39, 0.29) is 5.41 Å². The summed E-state index contributed by atoms with van der Waals surface area (Å²) >= 11 is 0. The Bertz CT molecular complexity index is 682. The smallest absolute Gasteiger partial charge is 0.0954 e. The highest BCUT2D eigenvalue weighted by molar-refractivity contribution is 5.82. The fraction of sp³-hybridized carbons (Fsp3) is 0.500. The lowest BCUT2D eigenvalue weighted by atomic mass is 9.70. The molecule has 1 atom stereocenters. The molecule has 2 aromatic carbocycles. The molecule has 2 aromatic rings. The van der Waals surface area contributed by atoms with E-state index in [1.165, 1.54) is 16.3 Å². The number of hydrogen-bond acceptors (Lipinski definition) is 3. The molecule has 0 amide bonds. The number of fused-ring (bicyclic) bond motifs is 1. The van der Waals surface area contributed by atoms with Crippen LogP contribution in [0.5, 0.6) is 0 Å². The summed E-state index contributed by atoms with van der Waals surface area (Å²) in [4.78, 5) is 2.44. The standard InChI is InChI=1S/C20H27NO2/c1-19(2)14-21(11-10-20(19,22)15-23-3)13-16-8-9-17-6-4-5-7-18(17)12-16/h4-9,12,22H,10-11,13-15H2,1-3H3/t20-/m1/s1. The Morgan fingerprint density at radius 2 is 1.87 bits per heavy atom. The number of ether oxygens (including phenoxy) is 1. The van der Waals surface area contributed by atoms with E-state index in [2.05, 4.69) is 61.2 Å². The van der Waals surface area contributed by atoms with Crippen LogP contribution in [-0.2, 0) is 11.3 Å². The van der Waals surface area contributed by atoms with Crippen LogP contribution in [0.4, 0.5) is 0 Å². The molecule has 0 unspecified atom stereocenters. The normalized spacial score (nSPS) is 24.9. The lowest BCUT2D eigenvalue weighted by molar-refractivity contribution is -0.151. The Balaban J connectivity index is 1.73. The molecular weight excluding hydrogens is 286 g/mol. The summed E-state index contributed by atoms with van der Waals surface area (Å²) in [7, 11) is 1.66. The van der Waals surface area contributed by atoms with Gasteiger partial charge in [0, 0.05) is 32.2 Å². The summed E-state index contributed by atoms with van der Waals surface area (Å²) < 4.78 is 5.25. The van der Waals surface area contributed by atoms with Gasteiger partial charge in [-0.15, -0.1) is 0 Å². The van der Waals surface area contributed by atoms with Gasteiger partial charge in [0.05, 0.1) is 12.2 Å². The number of methoxy groups -OCH3 is 1. The van der Waals surface area contributed by atoms with E-state index < -0.39 is 5.60 Å². The maximum atomic E-state index is 10.9. The van der Waals surface area contributed by atoms with Crippen molar-refractivity contribution in [1.82, 2.24) is 4.90 Å². The number of likely N-dealkylation sites (tertiary alicyclic amines) is 1. The zero-order valence-corrected chi connectivity index (χ0v) is 14.4. The van der Waals surface area contributed by atoms with Crippen molar-refractivity contribution in [3.8, 4) is 0 Å². The van der Waals surface area contributed by atoms with Gasteiger partial charge in [-0.2, -0.15) is 0 Å². The number of rotatable bonds is 4. The largest absolute Gasteiger partial charge is 0.387 e. The number of hydrogen-bond donors (Lipinski definition) is 1. The van der Waals surface area contributed by atoms with Gasteiger partial charge >= 0.3 is 0 Å². The van der Waals surface area contributed by atoms with Crippen molar-refractivity contribution < 1.29 is 9.84 Å². The third kappa shape index (κ3) is 3.27. The summed E-state index contributed by atoms with van der Waals surface area (Å²) in [6.07, 6.45) is 0.751. The Morgan fingerprint density at radius 3 is 2.57 bits per heavy atom. The Labute approximate surface area is 138 Å². The van der Waals surface area contributed by atoms with E-state index >= 15 is 0 Å². The lowest BCUT2D eigenvalue weighted by Gasteiger charge is -2.50. The van der Waals surface area contributed by atoms with Crippen LogP contribution in [0.3, 0.4) is 0 Å². The Kier molecular flexibility index (Phi) is 4.45. The molecule has 1 aliphatic heterocycles. The summed E-state index contributed by atoms with van der Waals surface area (Å²) in [5.74, 6) is 0. The number of piperidine rings is 1. The van der Waals surface area contributed by atoms with Gasteiger partial charge in [0.25, 0.3) is 0 Å². The molecule has 0 aromatic heterocycles. The third-order valence-corrected chi connectivity index (χ3v) is 5.32. The monoisotopic (exact) mass is 313 g/mol. The van der Waals surface area contributed by atoms with Crippen LogP contribution in [0.25, 0.3) is 10.8 Å². The molecule has 3 rings (SSSR count). The minimum atomic E-state index is -0.734. The second-order valence-electron chi connectivity index (χ2n) is 7.49. The number of benzene rings is 2. The fourth-order valence-corrected chi connectivity index (χ4v) is 3.70. The van der Waals surface area contributed by atoms with E-state index in [9.17, 15) is 5.11 Å². The highest BCUT2D eigenvalue weighted by Gasteiger charge is 2.47. The van der Waals surface area contributed by atoms with Crippen molar-refractivity contribution in [3.05, 3.63) is 48.0 Å². The van der Waals surface area contributed by atoms with E-state index in [0.717, 1.165) is 26.1 Å². The van der Waals surface area contributed by atoms with Crippen LogP contribution >= 0.6 is 0 Å². The molecular formula is C20H27NO2. The predicted octanol–water partition coefficient (Wildman–Crippen LogP) is 3.45. The molecule has 1 fully saturated rings. The van der Waals surface area contributed by atoms with Crippen molar-refractivity contribution in [2.24, 2.45) is 5.41 Å². The molecule has 3 heteroatoms. The van der Waals surface area contributed by atoms with Crippen LogP contribution in [0, 0.1) is 5.41 Å². The average molecular weight is 313 g/mol. The lowest BCUT2D eigenvalue weighted by Crippen LogP contribution is -2.59. The minimum Gasteiger partial charge on any atom is -0.387 e. The molecule has 3 nitrogen and oxygen atoms in total. The topological polar surface area (TPSA) is 32.7 Å². The average Bonchev–Trinajstić information content (AvgIpc) is 2.51.